The van der Waals surface area contributed by atoms with Crippen molar-refractivity contribution in [3.05, 3.63) is 16.9 Å². The van der Waals surface area contributed by atoms with E-state index in [1.165, 1.54) is 7.11 Å². The van der Waals surface area contributed by atoms with Gasteiger partial charge in [0.05, 0.1) is 7.11 Å². The van der Waals surface area contributed by atoms with Crippen molar-refractivity contribution in [3.63, 3.8) is 0 Å². The lowest BCUT2D eigenvalue weighted by Gasteiger charge is -2.07. The maximum atomic E-state index is 12.1. The van der Waals surface area contributed by atoms with E-state index in [2.05, 4.69) is 14.7 Å². The molecule has 0 aliphatic heterocycles. The number of hydrogen-bond acceptors (Lipinski definition) is 3. The molecule has 0 aliphatic rings. The Labute approximate surface area is 76.5 Å². The Balaban J connectivity index is 3.13. The molecule has 13 heavy (non-hydrogen) atoms. The maximum absolute atomic E-state index is 12.1. The molecule has 1 aromatic heterocycles. The number of hydrogen-bond donors (Lipinski definition) is 0. The molecule has 0 saturated heterocycles. The molecule has 0 spiro atoms. The highest BCUT2D eigenvalue weighted by molar-refractivity contribution is 6.30. The van der Waals surface area contributed by atoms with E-state index in [1.807, 2.05) is 0 Å². The van der Waals surface area contributed by atoms with E-state index >= 15 is 0 Å². The summed E-state index contributed by atoms with van der Waals surface area (Å²) in [6.45, 7) is 0. The van der Waals surface area contributed by atoms with Crippen molar-refractivity contribution in [1.82, 2.24) is 9.97 Å². The summed E-state index contributed by atoms with van der Waals surface area (Å²) in [4.78, 5) is 6.56. The summed E-state index contributed by atoms with van der Waals surface area (Å²) in [7, 11) is 1.24. The highest BCUT2D eigenvalue weighted by atomic mass is 35.5. The van der Waals surface area contributed by atoms with Crippen LogP contribution >= 0.6 is 11.6 Å². The van der Waals surface area contributed by atoms with Crippen molar-refractivity contribution >= 4 is 11.6 Å². The van der Waals surface area contributed by atoms with Gasteiger partial charge in [0.1, 0.15) is 10.7 Å². The highest BCUT2D eigenvalue weighted by Gasteiger charge is 2.34. The van der Waals surface area contributed by atoms with Crippen LogP contribution in [0.3, 0.4) is 0 Å². The van der Waals surface area contributed by atoms with Gasteiger partial charge >= 0.3 is 12.2 Å². The molecule has 0 N–H and O–H groups in total. The Morgan fingerprint density at radius 3 is 2.46 bits per heavy atom. The summed E-state index contributed by atoms with van der Waals surface area (Å²) in [5.74, 6) is 0. The largest absolute Gasteiger partial charge is 0.467 e. The van der Waals surface area contributed by atoms with E-state index in [9.17, 15) is 13.2 Å². The summed E-state index contributed by atoms with van der Waals surface area (Å²) in [5.41, 5.74) is -1.07. The molecule has 3 nitrogen and oxygen atoms in total. The second-order valence-corrected chi connectivity index (χ2v) is 2.42. The average Bonchev–Trinajstić information content (AvgIpc) is 2.01. The lowest BCUT2D eigenvalue weighted by Crippen LogP contribution is -2.08. The number of alkyl halides is 3. The van der Waals surface area contributed by atoms with Gasteiger partial charge in [0.25, 0.3) is 0 Å². The van der Waals surface area contributed by atoms with Gasteiger partial charge in [0, 0.05) is 6.20 Å². The van der Waals surface area contributed by atoms with Crippen LogP contribution in [-0.4, -0.2) is 17.1 Å². The Hall–Kier alpha value is -1.04. The molecular formula is C6H4ClF3N2O. The monoisotopic (exact) mass is 212 g/mol. The van der Waals surface area contributed by atoms with Crippen LogP contribution in [0.25, 0.3) is 0 Å². The zero-order valence-electron chi connectivity index (χ0n) is 6.39. The van der Waals surface area contributed by atoms with Gasteiger partial charge in [-0.1, -0.05) is 11.6 Å². The van der Waals surface area contributed by atoms with Gasteiger partial charge in [-0.3, -0.25) is 0 Å². The van der Waals surface area contributed by atoms with Crippen molar-refractivity contribution < 1.29 is 17.9 Å². The molecule has 1 heterocycles. The van der Waals surface area contributed by atoms with Crippen LogP contribution < -0.4 is 4.74 Å². The average molecular weight is 213 g/mol. The quantitative estimate of drug-likeness (QED) is 0.669. The van der Waals surface area contributed by atoms with Crippen molar-refractivity contribution in [2.45, 2.75) is 6.18 Å². The molecule has 7 heteroatoms. The topological polar surface area (TPSA) is 35.0 Å². The zero-order valence-corrected chi connectivity index (χ0v) is 7.15. The molecular weight excluding hydrogens is 209 g/mol. The predicted molar refractivity (Wildman–Crippen MR) is 38.6 cm³/mol. The first-order valence-electron chi connectivity index (χ1n) is 3.09. The smallest absolute Gasteiger partial charge is 0.420 e. The van der Waals surface area contributed by atoms with Crippen molar-refractivity contribution in [2.75, 3.05) is 7.11 Å². The van der Waals surface area contributed by atoms with Gasteiger partial charge in [-0.15, -0.1) is 0 Å². The van der Waals surface area contributed by atoms with E-state index in [0.29, 0.717) is 6.20 Å². The minimum absolute atomic E-state index is 0.196. The number of methoxy groups -OCH3 is 1. The fraction of sp³-hybridized carbons (Fsp3) is 0.333. The predicted octanol–water partition coefficient (Wildman–Crippen LogP) is 2.16. The fourth-order valence-corrected chi connectivity index (χ4v) is 0.863. The van der Waals surface area contributed by atoms with Gasteiger partial charge in [0.2, 0.25) is 0 Å². The number of nitrogens with zero attached hydrogens (tertiary/aromatic N) is 2. The van der Waals surface area contributed by atoms with Gasteiger partial charge in [-0.2, -0.15) is 18.2 Å². The van der Waals surface area contributed by atoms with E-state index in [-0.39, 0.29) is 6.01 Å². The third-order valence-corrected chi connectivity index (χ3v) is 1.50. The highest BCUT2D eigenvalue weighted by Crippen LogP contribution is 2.33. The molecule has 0 atom stereocenters. The van der Waals surface area contributed by atoms with Crippen LogP contribution in [0.1, 0.15) is 5.56 Å². The maximum Gasteiger partial charge on any atom is 0.420 e. The van der Waals surface area contributed by atoms with Crippen LogP contribution in [0.4, 0.5) is 13.2 Å². The van der Waals surface area contributed by atoms with Gasteiger partial charge in [-0.05, 0) is 0 Å². The SMILES string of the molecule is COc1ncc(C(F)(F)F)c(Cl)n1. The normalized spacial score (nSPS) is 11.5. The first-order valence-corrected chi connectivity index (χ1v) is 3.46. The zero-order chi connectivity index (χ0) is 10.1. The molecule has 0 unspecified atom stereocenters. The number of ether oxygens (including phenoxy) is 1. The van der Waals surface area contributed by atoms with Crippen molar-refractivity contribution in [2.24, 2.45) is 0 Å². The number of halogens is 4. The molecule has 0 radical (unpaired) electrons. The second kappa shape index (κ2) is 3.37. The molecule has 0 aliphatic carbocycles. The molecule has 0 fully saturated rings. The first kappa shape index (κ1) is 10.0. The summed E-state index contributed by atoms with van der Waals surface area (Å²) in [5, 5.41) is -0.667. The third-order valence-electron chi connectivity index (χ3n) is 1.21. The van der Waals surface area contributed by atoms with Crippen LogP contribution in [0, 0.1) is 0 Å². The Kier molecular flexibility index (Phi) is 2.60. The third kappa shape index (κ3) is 2.21. The molecule has 0 aromatic carbocycles. The lowest BCUT2D eigenvalue weighted by molar-refractivity contribution is -0.138. The van der Waals surface area contributed by atoms with Crippen molar-refractivity contribution in [1.29, 1.82) is 0 Å². The standard InChI is InChI=1S/C6H4ClF3N2O/c1-13-5-11-2-3(4(7)12-5)6(8,9)10/h2H,1H3. The minimum Gasteiger partial charge on any atom is -0.467 e. The summed E-state index contributed by atoms with van der Waals surface area (Å²) < 4.78 is 40.7. The van der Waals surface area contributed by atoms with Crippen LogP contribution in [-0.2, 0) is 6.18 Å². The number of aromatic nitrogens is 2. The Morgan fingerprint density at radius 2 is 2.08 bits per heavy atom. The molecule has 1 aromatic rings. The van der Waals surface area contributed by atoms with Crippen LogP contribution in [0.2, 0.25) is 5.15 Å². The van der Waals surface area contributed by atoms with Gasteiger partial charge in [-0.25, -0.2) is 4.98 Å². The Morgan fingerprint density at radius 1 is 1.46 bits per heavy atom. The minimum atomic E-state index is -4.54. The molecule has 1 rings (SSSR count). The summed E-state index contributed by atoms with van der Waals surface area (Å²) in [6, 6.07) is -0.196. The molecule has 0 amide bonds. The molecule has 0 bridgehead atoms. The fourth-order valence-electron chi connectivity index (χ4n) is 0.635. The van der Waals surface area contributed by atoms with Gasteiger partial charge < -0.3 is 4.74 Å². The van der Waals surface area contributed by atoms with E-state index in [1.54, 1.807) is 0 Å². The summed E-state index contributed by atoms with van der Waals surface area (Å²) >= 11 is 5.24. The number of rotatable bonds is 1. The lowest BCUT2D eigenvalue weighted by atomic mass is 10.3. The second-order valence-electron chi connectivity index (χ2n) is 2.06. The van der Waals surface area contributed by atoms with Crippen molar-refractivity contribution in [3.8, 4) is 6.01 Å². The van der Waals surface area contributed by atoms with E-state index < -0.39 is 16.9 Å². The first-order chi connectivity index (χ1) is 5.95. The van der Waals surface area contributed by atoms with E-state index in [0.717, 1.165) is 0 Å². The van der Waals surface area contributed by atoms with Crippen LogP contribution in [0.5, 0.6) is 6.01 Å². The van der Waals surface area contributed by atoms with Crippen LogP contribution in [0.15, 0.2) is 6.20 Å². The summed E-state index contributed by atoms with van der Waals surface area (Å²) in [6.07, 6.45) is -3.96. The van der Waals surface area contributed by atoms with Gasteiger partial charge in [0.15, 0.2) is 0 Å². The molecule has 72 valence electrons. The Bertz CT molecular complexity index is 315. The van der Waals surface area contributed by atoms with E-state index in [4.69, 9.17) is 11.6 Å². The molecule has 0 saturated carbocycles.